The normalized spacial score (nSPS) is 16.4. The lowest BCUT2D eigenvalue weighted by Crippen LogP contribution is -2.34. The minimum absolute atomic E-state index is 0.144. The molecule has 1 amide bonds. The standard InChI is InChI=1S/C19H18N4O2S/c1-2-5-15-21-18-17(19(25)23(15)26)13(10-16(24)22-18)11-6-3-8-14-12(11)7-4-9-20-14/h3-4,6-9,13,26H,2,5,10H2,1H3,(H,22,24). The van der Waals surface area contributed by atoms with Gasteiger partial charge in [0.15, 0.2) is 0 Å². The summed E-state index contributed by atoms with van der Waals surface area (Å²) in [7, 11) is 0. The SMILES string of the molecule is CCCc1nc2c(c(=O)n1S)C(c1cccc3ncccc13)CC(=O)N2. The highest BCUT2D eigenvalue weighted by atomic mass is 32.1. The number of aromatic nitrogens is 3. The van der Waals surface area contributed by atoms with Gasteiger partial charge in [-0.15, -0.1) is 0 Å². The van der Waals surface area contributed by atoms with Crippen LogP contribution in [0.4, 0.5) is 5.82 Å². The van der Waals surface area contributed by atoms with E-state index in [1.54, 1.807) is 6.20 Å². The molecule has 1 atom stereocenters. The molecule has 132 valence electrons. The molecular formula is C19H18N4O2S. The van der Waals surface area contributed by atoms with Crippen molar-refractivity contribution in [1.82, 2.24) is 13.9 Å². The Labute approximate surface area is 155 Å². The van der Waals surface area contributed by atoms with Crippen molar-refractivity contribution in [1.29, 1.82) is 0 Å². The van der Waals surface area contributed by atoms with Gasteiger partial charge in [0.25, 0.3) is 5.56 Å². The van der Waals surface area contributed by atoms with Crippen LogP contribution >= 0.6 is 12.8 Å². The molecule has 0 radical (unpaired) electrons. The first-order valence-electron chi connectivity index (χ1n) is 8.58. The van der Waals surface area contributed by atoms with Crippen molar-refractivity contribution in [3.63, 3.8) is 0 Å². The van der Waals surface area contributed by atoms with Crippen molar-refractivity contribution in [2.24, 2.45) is 0 Å². The summed E-state index contributed by atoms with van der Waals surface area (Å²) in [4.78, 5) is 34.2. The van der Waals surface area contributed by atoms with Crippen molar-refractivity contribution in [2.45, 2.75) is 32.1 Å². The van der Waals surface area contributed by atoms with E-state index in [1.165, 1.54) is 3.97 Å². The summed E-state index contributed by atoms with van der Waals surface area (Å²) < 4.78 is 1.30. The average Bonchev–Trinajstić information content (AvgIpc) is 2.65. The Kier molecular flexibility index (Phi) is 4.24. The maximum Gasteiger partial charge on any atom is 0.269 e. The predicted molar refractivity (Wildman–Crippen MR) is 104 cm³/mol. The number of pyridine rings is 1. The molecule has 3 heterocycles. The van der Waals surface area contributed by atoms with Crippen molar-refractivity contribution < 1.29 is 4.79 Å². The quantitative estimate of drug-likeness (QED) is 0.699. The molecule has 6 nitrogen and oxygen atoms in total. The molecule has 0 spiro atoms. The largest absolute Gasteiger partial charge is 0.310 e. The molecule has 2 aromatic heterocycles. The van der Waals surface area contributed by atoms with Gasteiger partial charge in [-0.3, -0.25) is 14.6 Å². The van der Waals surface area contributed by atoms with Gasteiger partial charge in [-0.25, -0.2) is 8.96 Å². The minimum Gasteiger partial charge on any atom is -0.310 e. The summed E-state index contributed by atoms with van der Waals surface area (Å²) in [6.07, 6.45) is 3.37. The Morgan fingerprint density at radius 2 is 2.12 bits per heavy atom. The maximum absolute atomic E-state index is 13.0. The van der Waals surface area contributed by atoms with Crippen LogP contribution in [0.2, 0.25) is 0 Å². The number of carbonyl (C=O) groups excluding carboxylic acids is 1. The zero-order valence-corrected chi connectivity index (χ0v) is 15.2. The molecule has 1 aliphatic heterocycles. The lowest BCUT2D eigenvalue weighted by Gasteiger charge is -2.26. The van der Waals surface area contributed by atoms with Crippen LogP contribution < -0.4 is 10.9 Å². The van der Waals surface area contributed by atoms with E-state index in [1.807, 2.05) is 37.3 Å². The fourth-order valence-electron chi connectivity index (χ4n) is 3.53. The number of aryl methyl sites for hydroxylation is 1. The predicted octanol–water partition coefficient (Wildman–Crippen LogP) is 2.91. The van der Waals surface area contributed by atoms with E-state index in [0.29, 0.717) is 23.6 Å². The van der Waals surface area contributed by atoms with Gasteiger partial charge in [-0.05, 0) is 24.1 Å². The molecule has 1 N–H and O–H groups in total. The van der Waals surface area contributed by atoms with Gasteiger partial charge in [0.2, 0.25) is 5.91 Å². The number of fused-ring (bicyclic) bond motifs is 2. The third-order valence-corrected chi connectivity index (χ3v) is 5.10. The first kappa shape index (κ1) is 16.8. The average molecular weight is 366 g/mol. The van der Waals surface area contributed by atoms with E-state index in [4.69, 9.17) is 0 Å². The molecule has 1 aliphatic rings. The molecule has 0 saturated heterocycles. The summed E-state index contributed by atoms with van der Waals surface area (Å²) in [6.45, 7) is 2.00. The highest BCUT2D eigenvalue weighted by Gasteiger charge is 2.32. The Balaban J connectivity index is 1.97. The van der Waals surface area contributed by atoms with Gasteiger partial charge in [0.1, 0.15) is 11.6 Å². The summed E-state index contributed by atoms with van der Waals surface area (Å²) in [5.41, 5.74) is 1.99. The van der Waals surface area contributed by atoms with E-state index < -0.39 is 0 Å². The number of nitrogens with one attached hydrogen (secondary N) is 1. The Morgan fingerprint density at radius 1 is 1.27 bits per heavy atom. The molecular weight excluding hydrogens is 348 g/mol. The summed E-state index contributed by atoms with van der Waals surface area (Å²) in [6, 6.07) is 9.58. The second kappa shape index (κ2) is 6.57. The zero-order chi connectivity index (χ0) is 18.3. The van der Waals surface area contributed by atoms with E-state index in [-0.39, 0.29) is 23.8 Å². The van der Waals surface area contributed by atoms with Crippen LogP contribution in [0.5, 0.6) is 0 Å². The van der Waals surface area contributed by atoms with Gasteiger partial charge in [0.05, 0.1) is 11.1 Å². The molecule has 7 heteroatoms. The molecule has 1 unspecified atom stereocenters. The molecule has 1 aromatic carbocycles. The Morgan fingerprint density at radius 3 is 2.92 bits per heavy atom. The van der Waals surface area contributed by atoms with E-state index in [9.17, 15) is 9.59 Å². The number of anilines is 1. The summed E-state index contributed by atoms with van der Waals surface area (Å²) in [5.74, 6) is 0.390. The molecule has 26 heavy (non-hydrogen) atoms. The van der Waals surface area contributed by atoms with Gasteiger partial charge < -0.3 is 5.32 Å². The number of hydrogen-bond donors (Lipinski definition) is 2. The number of hydrogen-bond acceptors (Lipinski definition) is 5. The number of carbonyl (C=O) groups is 1. The monoisotopic (exact) mass is 366 g/mol. The third-order valence-electron chi connectivity index (χ3n) is 4.69. The lowest BCUT2D eigenvalue weighted by atomic mass is 9.85. The van der Waals surface area contributed by atoms with Crippen LogP contribution in [0, 0.1) is 0 Å². The highest BCUT2D eigenvalue weighted by Crippen LogP contribution is 2.37. The Hall–Kier alpha value is -2.67. The lowest BCUT2D eigenvalue weighted by molar-refractivity contribution is -0.116. The van der Waals surface area contributed by atoms with E-state index in [2.05, 4.69) is 28.1 Å². The topological polar surface area (TPSA) is 76.9 Å². The van der Waals surface area contributed by atoms with Crippen LogP contribution in [0.1, 0.15) is 42.6 Å². The van der Waals surface area contributed by atoms with E-state index in [0.717, 1.165) is 22.9 Å². The van der Waals surface area contributed by atoms with Crippen LogP contribution in [-0.2, 0) is 11.2 Å². The Bertz CT molecular complexity index is 1070. The third kappa shape index (κ3) is 2.68. The molecule has 0 bridgehead atoms. The van der Waals surface area contributed by atoms with Crippen LogP contribution in [-0.4, -0.2) is 19.8 Å². The smallest absolute Gasteiger partial charge is 0.269 e. The fraction of sp³-hybridized carbons (Fsp3) is 0.263. The van der Waals surface area contributed by atoms with Gasteiger partial charge in [0, 0.05) is 30.3 Å². The maximum atomic E-state index is 13.0. The molecule has 0 aliphatic carbocycles. The number of amides is 1. The number of benzene rings is 1. The molecule has 3 aromatic rings. The zero-order valence-electron chi connectivity index (χ0n) is 14.3. The van der Waals surface area contributed by atoms with Crippen molar-refractivity contribution >= 4 is 35.4 Å². The minimum atomic E-state index is -0.374. The second-order valence-electron chi connectivity index (χ2n) is 6.38. The van der Waals surface area contributed by atoms with Crippen molar-refractivity contribution in [3.8, 4) is 0 Å². The summed E-state index contributed by atoms with van der Waals surface area (Å²) in [5, 5.41) is 3.70. The number of thiol groups is 1. The van der Waals surface area contributed by atoms with Crippen LogP contribution in [0.25, 0.3) is 10.9 Å². The van der Waals surface area contributed by atoms with Gasteiger partial charge >= 0.3 is 0 Å². The molecule has 4 rings (SSSR count). The number of rotatable bonds is 3. The van der Waals surface area contributed by atoms with Crippen molar-refractivity contribution in [3.05, 3.63) is 63.8 Å². The molecule has 0 fully saturated rings. The first-order valence-corrected chi connectivity index (χ1v) is 8.98. The van der Waals surface area contributed by atoms with Gasteiger partial charge in [-0.1, -0.05) is 37.9 Å². The first-order chi connectivity index (χ1) is 12.6. The molecule has 0 saturated carbocycles. The fourth-order valence-corrected chi connectivity index (χ4v) is 3.78. The van der Waals surface area contributed by atoms with Crippen LogP contribution in [0.3, 0.4) is 0 Å². The highest BCUT2D eigenvalue weighted by molar-refractivity contribution is 7.78. The van der Waals surface area contributed by atoms with Gasteiger partial charge in [-0.2, -0.15) is 0 Å². The van der Waals surface area contributed by atoms with Crippen LogP contribution in [0.15, 0.2) is 41.3 Å². The van der Waals surface area contributed by atoms with Crippen molar-refractivity contribution in [2.75, 3.05) is 5.32 Å². The second-order valence-corrected chi connectivity index (χ2v) is 6.78. The van der Waals surface area contributed by atoms with E-state index >= 15 is 0 Å². The number of nitrogens with zero attached hydrogens (tertiary/aromatic N) is 3. The summed E-state index contributed by atoms with van der Waals surface area (Å²) >= 11 is 4.34.